The molecule has 0 radical (unpaired) electrons. The zero-order valence-corrected chi connectivity index (χ0v) is 11.6. The van der Waals surface area contributed by atoms with Gasteiger partial charge >= 0.3 is 11.9 Å². The van der Waals surface area contributed by atoms with Crippen LogP contribution in [0.4, 0.5) is 0 Å². The second-order valence-electron chi connectivity index (χ2n) is 4.96. The Balaban J connectivity index is 2.82. The summed E-state index contributed by atoms with van der Waals surface area (Å²) in [6, 6.07) is 16.2. The second kappa shape index (κ2) is 5.59. The summed E-state index contributed by atoms with van der Waals surface area (Å²) in [6.45, 7) is 0. The number of carboxylic acid groups (broad SMARTS) is 2. The SMILES string of the molecule is NC(C(=O)O)(C(=O)O)C(N)(c1ccccc1)c1ccccc1. The second-order valence-corrected chi connectivity index (χ2v) is 4.96. The van der Waals surface area contributed by atoms with E-state index in [4.69, 9.17) is 11.5 Å². The van der Waals surface area contributed by atoms with E-state index in [-0.39, 0.29) is 0 Å². The van der Waals surface area contributed by atoms with Crippen molar-refractivity contribution in [1.29, 1.82) is 0 Å². The topological polar surface area (TPSA) is 127 Å². The van der Waals surface area contributed by atoms with Gasteiger partial charge in [0.2, 0.25) is 5.54 Å². The third kappa shape index (κ3) is 2.14. The maximum atomic E-state index is 11.7. The smallest absolute Gasteiger partial charge is 0.338 e. The average molecular weight is 300 g/mol. The summed E-state index contributed by atoms with van der Waals surface area (Å²) in [5.74, 6) is -3.43. The van der Waals surface area contributed by atoms with Crippen LogP contribution in [0.15, 0.2) is 60.7 Å². The van der Waals surface area contributed by atoms with Crippen LogP contribution < -0.4 is 11.5 Å². The summed E-state index contributed by atoms with van der Waals surface area (Å²) in [5, 5.41) is 19.0. The van der Waals surface area contributed by atoms with E-state index in [1.54, 1.807) is 60.7 Å². The quantitative estimate of drug-likeness (QED) is 0.604. The third-order valence-corrected chi connectivity index (χ3v) is 3.75. The van der Waals surface area contributed by atoms with Gasteiger partial charge in [0, 0.05) is 0 Å². The maximum absolute atomic E-state index is 11.7. The minimum atomic E-state index is -2.73. The van der Waals surface area contributed by atoms with E-state index in [0.717, 1.165) is 0 Å². The standard InChI is InChI=1S/C16H16N2O4/c17-15(11-7-3-1-4-8-11,12-9-5-2-6-10-12)16(18,13(19)20)14(21)22/h1-10H,17-18H2,(H,19,20)(H,21,22). The Labute approximate surface area is 127 Å². The Kier molecular flexibility index (Phi) is 3.99. The first-order valence-electron chi connectivity index (χ1n) is 6.50. The molecule has 2 aromatic carbocycles. The molecule has 6 nitrogen and oxygen atoms in total. The summed E-state index contributed by atoms with van der Waals surface area (Å²) in [6.07, 6.45) is 0. The van der Waals surface area contributed by atoms with Gasteiger partial charge < -0.3 is 21.7 Å². The van der Waals surface area contributed by atoms with Crippen molar-refractivity contribution < 1.29 is 19.8 Å². The molecule has 2 rings (SSSR count). The number of benzene rings is 2. The van der Waals surface area contributed by atoms with Gasteiger partial charge in [-0.15, -0.1) is 0 Å². The van der Waals surface area contributed by atoms with Gasteiger partial charge in [-0.1, -0.05) is 60.7 Å². The lowest BCUT2D eigenvalue weighted by molar-refractivity contribution is -0.160. The summed E-state index contributed by atoms with van der Waals surface area (Å²) in [4.78, 5) is 23.3. The average Bonchev–Trinajstić information content (AvgIpc) is 2.54. The lowest BCUT2D eigenvalue weighted by Gasteiger charge is -2.40. The Hall–Kier alpha value is -2.70. The van der Waals surface area contributed by atoms with Crippen LogP contribution >= 0.6 is 0 Å². The minimum Gasteiger partial charge on any atom is -0.479 e. The molecule has 0 bridgehead atoms. The highest BCUT2D eigenvalue weighted by Crippen LogP contribution is 2.36. The summed E-state index contributed by atoms with van der Waals surface area (Å²) in [5.41, 5.74) is 8.07. The number of hydrogen-bond donors (Lipinski definition) is 4. The first-order chi connectivity index (χ1) is 10.3. The molecule has 0 fully saturated rings. The van der Waals surface area contributed by atoms with Crippen molar-refractivity contribution >= 4 is 11.9 Å². The van der Waals surface area contributed by atoms with Crippen molar-refractivity contribution in [3.05, 3.63) is 71.8 Å². The highest BCUT2D eigenvalue weighted by Gasteiger charge is 2.60. The molecular formula is C16H16N2O4. The molecule has 6 N–H and O–H groups in total. The lowest BCUT2D eigenvalue weighted by atomic mass is 9.69. The van der Waals surface area contributed by atoms with E-state index in [2.05, 4.69) is 0 Å². The van der Waals surface area contributed by atoms with Gasteiger partial charge in [-0.05, 0) is 11.1 Å². The molecule has 0 aliphatic heterocycles. The van der Waals surface area contributed by atoms with E-state index in [0.29, 0.717) is 11.1 Å². The van der Waals surface area contributed by atoms with Gasteiger partial charge in [-0.3, -0.25) is 0 Å². The summed E-state index contributed by atoms with van der Waals surface area (Å²) in [7, 11) is 0. The van der Waals surface area contributed by atoms with Crippen LogP contribution in [0.1, 0.15) is 11.1 Å². The molecule has 6 heteroatoms. The molecule has 0 aliphatic carbocycles. The monoisotopic (exact) mass is 300 g/mol. The largest absolute Gasteiger partial charge is 0.479 e. The van der Waals surface area contributed by atoms with Crippen LogP contribution in [0.2, 0.25) is 0 Å². The molecule has 0 saturated carbocycles. The molecule has 0 heterocycles. The van der Waals surface area contributed by atoms with Crippen LogP contribution in [0, 0.1) is 0 Å². The van der Waals surface area contributed by atoms with Crippen molar-refractivity contribution in [2.24, 2.45) is 11.5 Å². The number of rotatable bonds is 5. The van der Waals surface area contributed by atoms with Crippen LogP contribution in [-0.2, 0) is 15.1 Å². The number of aliphatic carboxylic acids is 2. The fourth-order valence-corrected chi connectivity index (χ4v) is 2.45. The summed E-state index contributed by atoms with van der Waals surface area (Å²) < 4.78 is 0. The van der Waals surface area contributed by atoms with Crippen molar-refractivity contribution in [1.82, 2.24) is 0 Å². The normalized spacial score (nSPS) is 11.9. The minimum absolute atomic E-state index is 0.300. The Morgan fingerprint density at radius 1 is 0.727 bits per heavy atom. The van der Waals surface area contributed by atoms with Gasteiger partial charge in [0.15, 0.2) is 0 Å². The Bertz CT molecular complexity index is 632. The lowest BCUT2D eigenvalue weighted by Crippen LogP contribution is -2.72. The highest BCUT2D eigenvalue weighted by atomic mass is 16.4. The first kappa shape index (κ1) is 15.7. The van der Waals surface area contributed by atoms with E-state index in [9.17, 15) is 19.8 Å². The molecule has 0 atom stereocenters. The number of carbonyl (C=O) groups is 2. The van der Waals surface area contributed by atoms with Gasteiger partial charge in [-0.2, -0.15) is 0 Å². The van der Waals surface area contributed by atoms with Gasteiger partial charge in [0.25, 0.3) is 0 Å². The number of carboxylic acids is 2. The fourth-order valence-electron chi connectivity index (χ4n) is 2.45. The zero-order valence-electron chi connectivity index (χ0n) is 11.6. The molecular weight excluding hydrogens is 284 g/mol. The van der Waals surface area contributed by atoms with Crippen LogP contribution in [-0.4, -0.2) is 27.7 Å². The molecule has 0 aromatic heterocycles. The number of nitrogens with two attached hydrogens (primary N) is 2. The highest BCUT2D eigenvalue weighted by molar-refractivity contribution is 6.05. The molecule has 0 saturated heterocycles. The van der Waals surface area contributed by atoms with Crippen LogP contribution in [0.25, 0.3) is 0 Å². The molecule has 0 spiro atoms. The first-order valence-corrected chi connectivity index (χ1v) is 6.50. The van der Waals surface area contributed by atoms with E-state index >= 15 is 0 Å². The molecule has 0 unspecified atom stereocenters. The third-order valence-electron chi connectivity index (χ3n) is 3.75. The van der Waals surface area contributed by atoms with Gasteiger partial charge in [-0.25, -0.2) is 9.59 Å². The molecule has 0 amide bonds. The van der Waals surface area contributed by atoms with E-state index in [1.807, 2.05) is 0 Å². The maximum Gasteiger partial charge on any atom is 0.338 e. The molecule has 114 valence electrons. The van der Waals surface area contributed by atoms with Crippen molar-refractivity contribution in [2.75, 3.05) is 0 Å². The number of hydrogen-bond acceptors (Lipinski definition) is 4. The summed E-state index contributed by atoms with van der Waals surface area (Å²) >= 11 is 0. The van der Waals surface area contributed by atoms with Crippen molar-refractivity contribution in [3.63, 3.8) is 0 Å². The zero-order chi connectivity index (χ0) is 16.4. The van der Waals surface area contributed by atoms with E-state index in [1.165, 1.54) is 0 Å². The van der Waals surface area contributed by atoms with Crippen molar-refractivity contribution in [2.45, 2.75) is 11.1 Å². The van der Waals surface area contributed by atoms with Crippen LogP contribution in [0.5, 0.6) is 0 Å². The molecule has 22 heavy (non-hydrogen) atoms. The predicted molar refractivity (Wildman–Crippen MR) is 80.0 cm³/mol. The Morgan fingerprint density at radius 3 is 1.32 bits per heavy atom. The van der Waals surface area contributed by atoms with Gasteiger partial charge in [0.05, 0.1) is 0 Å². The van der Waals surface area contributed by atoms with E-state index < -0.39 is 23.0 Å². The molecule has 2 aromatic rings. The molecule has 0 aliphatic rings. The Morgan fingerprint density at radius 2 is 1.05 bits per heavy atom. The van der Waals surface area contributed by atoms with Gasteiger partial charge in [0.1, 0.15) is 5.54 Å². The predicted octanol–water partition coefficient (Wildman–Crippen LogP) is 0.756. The van der Waals surface area contributed by atoms with Crippen molar-refractivity contribution in [3.8, 4) is 0 Å². The van der Waals surface area contributed by atoms with Crippen LogP contribution in [0.3, 0.4) is 0 Å². The fraction of sp³-hybridized carbons (Fsp3) is 0.125.